The maximum absolute atomic E-state index is 6.12. The van der Waals surface area contributed by atoms with Crippen LogP contribution in [0.5, 0.6) is 0 Å². The lowest BCUT2D eigenvalue weighted by atomic mass is 10.1. The molecule has 0 bridgehead atoms. The molecular formula is C13H20ClNO. The van der Waals surface area contributed by atoms with Gasteiger partial charge in [-0.3, -0.25) is 0 Å². The van der Waals surface area contributed by atoms with Gasteiger partial charge < -0.3 is 10.1 Å². The van der Waals surface area contributed by atoms with Crippen molar-refractivity contribution < 1.29 is 4.74 Å². The maximum atomic E-state index is 6.12. The van der Waals surface area contributed by atoms with Gasteiger partial charge in [-0.05, 0) is 44.9 Å². The lowest BCUT2D eigenvalue weighted by molar-refractivity contribution is 0.0185. The molecule has 0 amide bonds. The molecular weight excluding hydrogens is 222 g/mol. The zero-order valence-electron chi connectivity index (χ0n) is 10.4. The van der Waals surface area contributed by atoms with Crippen molar-refractivity contribution in [1.82, 2.24) is 0 Å². The van der Waals surface area contributed by atoms with E-state index >= 15 is 0 Å². The Hall–Kier alpha value is -0.730. The number of hydrogen-bond acceptors (Lipinski definition) is 2. The molecule has 0 aliphatic heterocycles. The second-order valence-corrected chi connectivity index (χ2v) is 5.03. The molecule has 0 aliphatic carbocycles. The highest BCUT2D eigenvalue weighted by atomic mass is 35.5. The highest BCUT2D eigenvalue weighted by Crippen LogP contribution is 2.23. The number of rotatable bonds is 5. The third-order valence-electron chi connectivity index (χ3n) is 2.72. The first-order chi connectivity index (χ1) is 7.44. The van der Waals surface area contributed by atoms with Crippen LogP contribution in [0.2, 0.25) is 5.02 Å². The van der Waals surface area contributed by atoms with Crippen LogP contribution in [0.15, 0.2) is 18.2 Å². The summed E-state index contributed by atoms with van der Waals surface area (Å²) >= 11 is 6.12. The summed E-state index contributed by atoms with van der Waals surface area (Å²) in [5.41, 5.74) is 2.07. The smallest absolute Gasteiger partial charge is 0.0640 e. The van der Waals surface area contributed by atoms with Gasteiger partial charge in [0.1, 0.15) is 0 Å². The van der Waals surface area contributed by atoms with Crippen molar-refractivity contribution in [2.24, 2.45) is 0 Å². The first-order valence-electron chi connectivity index (χ1n) is 5.50. The summed E-state index contributed by atoms with van der Waals surface area (Å²) in [5.74, 6) is 0. The monoisotopic (exact) mass is 241 g/mol. The van der Waals surface area contributed by atoms with E-state index in [0.717, 1.165) is 23.7 Å². The van der Waals surface area contributed by atoms with E-state index in [1.807, 2.05) is 19.1 Å². The first kappa shape index (κ1) is 13.3. The average molecular weight is 242 g/mol. The Labute approximate surface area is 103 Å². The minimum absolute atomic E-state index is 0.0931. The number of halogens is 1. The maximum Gasteiger partial charge on any atom is 0.0640 e. The fraction of sp³-hybridized carbons (Fsp3) is 0.538. The van der Waals surface area contributed by atoms with Gasteiger partial charge in [0.25, 0.3) is 0 Å². The number of nitrogens with one attached hydrogen (secondary N) is 1. The minimum atomic E-state index is -0.0931. The Morgan fingerprint density at radius 3 is 2.62 bits per heavy atom. The molecule has 1 N–H and O–H groups in total. The predicted octanol–water partition coefficient (Wildman–Crippen LogP) is 3.88. The molecule has 1 aromatic rings. The second kappa shape index (κ2) is 5.55. The van der Waals surface area contributed by atoms with Crippen LogP contribution >= 0.6 is 11.6 Å². The number of methoxy groups -OCH3 is 1. The minimum Gasteiger partial charge on any atom is -0.384 e. The summed E-state index contributed by atoms with van der Waals surface area (Å²) in [6.45, 7) is 7.03. The fourth-order valence-corrected chi connectivity index (χ4v) is 1.67. The molecule has 90 valence electrons. The van der Waals surface area contributed by atoms with Crippen LogP contribution in [0.25, 0.3) is 0 Å². The number of aryl methyl sites for hydroxylation is 1. The predicted molar refractivity (Wildman–Crippen MR) is 70.4 cm³/mol. The SMILES string of the molecule is COC(C)(C)CCNc1ccc(C)cc1Cl. The Bertz CT molecular complexity index is 350. The standard InChI is InChI=1S/C13H20ClNO/c1-10-5-6-12(11(14)9-10)15-8-7-13(2,3)16-4/h5-6,9,15H,7-8H2,1-4H3. The van der Waals surface area contributed by atoms with Crippen LogP contribution < -0.4 is 5.32 Å². The molecule has 0 unspecified atom stereocenters. The Morgan fingerprint density at radius 1 is 1.38 bits per heavy atom. The van der Waals surface area contributed by atoms with Gasteiger partial charge in [-0.2, -0.15) is 0 Å². The van der Waals surface area contributed by atoms with Gasteiger partial charge in [-0.1, -0.05) is 17.7 Å². The van der Waals surface area contributed by atoms with Crippen molar-refractivity contribution in [2.75, 3.05) is 19.0 Å². The van der Waals surface area contributed by atoms with Gasteiger partial charge >= 0.3 is 0 Å². The Kier molecular flexibility index (Phi) is 4.63. The van der Waals surface area contributed by atoms with Crippen LogP contribution in [-0.2, 0) is 4.74 Å². The summed E-state index contributed by atoms with van der Waals surface area (Å²) in [5, 5.41) is 4.09. The van der Waals surface area contributed by atoms with Crippen molar-refractivity contribution in [3.05, 3.63) is 28.8 Å². The van der Waals surface area contributed by atoms with Gasteiger partial charge in [0.2, 0.25) is 0 Å². The zero-order chi connectivity index (χ0) is 12.2. The summed E-state index contributed by atoms with van der Waals surface area (Å²) in [6, 6.07) is 6.03. The van der Waals surface area contributed by atoms with E-state index in [-0.39, 0.29) is 5.60 Å². The molecule has 16 heavy (non-hydrogen) atoms. The molecule has 0 radical (unpaired) electrons. The molecule has 2 nitrogen and oxygen atoms in total. The number of ether oxygens (including phenoxy) is 1. The number of hydrogen-bond donors (Lipinski definition) is 1. The van der Waals surface area contributed by atoms with Crippen molar-refractivity contribution in [2.45, 2.75) is 32.8 Å². The van der Waals surface area contributed by atoms with E-state index in [1.165, 1.54) is 5.56 Å². The second-order valence-electron chi connectivity index (χ2n) is 4.62. The van der Waals surface area contributed by atoms with Gasteiger partial charge in [-0.15, -0.1) is 0 Å². The van der Waals surface area contributed by atoms with E-state index in [9.17, 15) is 0 Å². The van der Waals surface area contributed by atoms with Crippen LogP contribution in [0, 0.1) is 6.92 Å². The van der Waals surface area contributed by atoms with Crippen molar-refractivity contribution >= 4 is 17.3 Å². The fourth-order valence-electron chi connectivity index (χ4n) is 1.36. The van der Waals surface area contributed by atoms with E-state index < -0.39 is 0 Å². The highest BCUT2D eigenvalue weighted by molar-refractivity contribution is 6.33. The summed E-state index contributed by atoms with van der Waals surface area (Å²) < 4.78 is 5.35. The lowest BCUT2D eigenvalue weighted by Gasteiger charge is -2.23. The molecule has 1 rings (SSSR count). The van der Waals surface area contributed by atoms with Gasteiger partial charge in [0.15, 0.2) is 0 Å². The Morgan fingerprint density at radius 2 is 2.06 bits per heavy atom. The van der Waals surface area contributed by atoms with Crippen LogP contribution in [0.3, 0.4) is 0 Å². The molecule has 0 fully saturated rings. The number of benzene rings is 1. The average Bonchev–Trinajstić information content (AvgIpc) is 2.21. The van der Waals surface area contributed by atoms with E-state index in [1.54, 1.807) is 7.11 Å². The quantitative estimate of drug-likeness (QED) is 0.845. The molecule has 3 heteroatoms. The van der Waals surface area contributed by atoms with Gasteiger partial charge in [0.05, 0.1) is 16.3 Å². The van der Waals surface area contributed by atoms with E-state index in [4.69, 9.17) is 16.3 Å². The molecule has 0 aliphatic rings. The molecule has 0 saturated carbocycles. The first-order valence-corrected chi connectivity index (χ1v) is 5.87. The summed E-state index contributed by atoms with van der Waals surface area (Å²) in [6.07, 6.45) is 0.938. The third-order valence-corrected chi connectivity index (χ3v) is 3.03. The highest BCUT2D eigenvalue weighted by Gasteiger charge is 2.15. The Balaban J connectivity index is 2.49. The summed E-state index contributed by atoms with van der Waals surface area (Å²) in [7, 11) is 1.73. The molecule has 0 heterocycles. The van der Waals surface area contributed by atoms with Crippen LogP contribution in [0.1, 0.15) is 25.8 Å². The lowest BCUT2D eigenvalue weighted by Crippen LogP contribution is -2.25. The molecule has 1 aromatic carbocycles. The van der Waals surface area contributed by atoms with Gasteiger partial charge in [-0.25, -0.2) is 0 Å². The molecule has 0 saturated heterocycles. The van der Waals surface area contributed by atoms with Crippen LogP contribution in [0.4, 0.5) is 5.69 Å². The third kappa shape index (κ3) is 4.03. The normalized spacial score (nSPS) is 11.6. The van der Waals surface area contributed by atoms with Crippen molar-refractivity contribution in [3.63, 3.8) is 0 Å². The van der Waals surface area contributed by atoms with Crippen molar-refractivity contribution in [3.8, 4) is 0 Å². The summed E-state index contributed by atoms with van der Waals surface area (Å²) in [4.78, 5) is 0. The van der Waals surface area contributed by atoms with Crippen LogP contribution in [-0.4, -0.2) is 19.3 Å². The van der Waals surface area contributed by atoms with Gasteiger partial charge in [0, 0.05) is 13.7 Å². The number of anilines is 1. The molecule has 0 spiro atoms. The van der Waals surface area contributed by atoms with Crippen molar-refractivity contribution in [1.29, 1.82) is 0 Å². The zero-order valence-corrected chi connectivity index (χ0v) is 11.2. The van der Waals surface area contributed by atoms with E-state index in [0.29, 0.717) is 0 Å². The topological polar surface area (TPSA) is 21.3 Å². The van der Waals surface area contributed by atoms with E-state index in [2.05, 4.69) is 25.2 Å². The largest absolute Gasteiger partial charge is 0.384 e. The molecule has 0 aromatic heterocycles. The molecule has 0 atom stereocenters.